The normalized spacial score (nSPS) is 12.1. The van der Waals surface area contributed by atoms with E-state index in [9.17, 15) is 10.1 Å². The van der Waals surface area contributed by atoms with Crippen LogP contribution in [0.4, 0.5) is 17.1 Å². The van der Waals surface area contributed by atoms with Crippen molar-refractivity contribution in [3.63, 3.8) is 0 Å². The van der Waals surface area contributed by atoms with Crippen molar-refractivity contribution in [1.82, 2.24) is 0 Å². The molecule has 0 bridgehead atoms. The summed E-state index contributed by atoms with van der Waals surface area (Å²) in [5, 5.41) is 18.1. The van der Waals surface area contributed by atoms with E-state index in [0.717, 1.165) is 12.1 Å². The molecule has 3 N–H and O–H groups in total. The van der Waals surface area contributed by atoms with E-state index in [1.165, 1.54) is 17.7 Å². The van der Waals surface area contributed by atoms with Crippen LogP contribution < -0.4 is 11.1 Å². The van der Waals surface area contributed by atoms with Crippen molar-refractivity contribution in [3.8, 4) is 0 Å². The Morgan fingerprint density at radius 3 is 2.84 bits per heavy atom. The average Bonchev–Trinajstić information content (AvgIpc) is 2.84. The number of hydrogen-bond donors (Lipinski definition) is 2. The highest BCUT2D eigenvalue weighted by atomic mass is 32.1. The van der Waals surface area contributed by atoms with Crippen molar-refractivity contribution < 1.29 is 4.92 Å². The molecule has 2 aromatic rings. The van der Waals surface area contributed by atoms with Gasteiger partial charge in [-0.15, -0.1) is 0 Å². The van der Waals surface area contributed by atoms with Crippen LogP contribution in [0, 0.1) is 10.1 Å². The number of nitro groups is 1. The highest BCUT2D eigenvalue weighted by Crippen LogP contribution is 2.25. The van der Waals surface area contributed by atoms with Gasteiger partial charge in [0, 0.05) is 18.2 Å². The van der Waals surface area contributed by atoms with Gasteiger partial charge in [-0.3, -0.25) is 10.1 Å². The maximum absolute atomic E-state index is 10.6. The first-order valence-corrected chi connectivity index (χ1v) is 6.82. The first-order valence-electron chi connectivity index (χ1n) is 5.88. The van der Waals surface area contributed by atoms with Crippen molar-refractivity contribution >= 4 is 28.4 Å². The predicted octanol–water partition coefficient (Wildman–Crippen LogP) is 3.28. The van der Waals surface area contributed by atoms with E-state index >= 15 is 0 Å². The SMILES string of the molecule is CC(Cc1ccsc1)Nc1ccc([N+](=O)[O-])cc1N. The van der Waals surface area contributed by atoms with E-state index in [4.69, 9.17) is 5.73 Å². The predicted molar refractivity (Wildman–Crippen MR) is 78.6 cm³/mol. The Labute approximate surface area is 115 Å². The lowest BCUT2D eigenvalue weighted by Gasteiger charge is -2.16. The van der Waals surface area contributed by atoms with Gasteiger partial charge in [0.25, 0.3) is 5.69 Å². The van der Waals surface area contributed by atoms with Gasteiger partial charge < -0.3 is 11.1 Å². The third-order valence-electron chi connectivity index (χ3n) is 2.77. The molecule has 1 aromatic carbocycles. The summed E-state index contributed by atoms with van der Waals surface area (Å²) in [6, 6.07) is 6.77. The molecule has 6 heteroatoms. The smallest absolute Gasteiger partial charge is 0.271 e. The van der Waals surface area contributed by atoms with Gasteiger partial charge >= 0.3 is 0 Å². The Balaban J connectivity index is 2.04. The molecular formula is C13H15N3O2S. The first-order chi connectivity index (χ1) is 9.06. The van der Waals surface area contributed by atoms with Crippen LogP contribution in [0.2, 0.25) is 0 Å². The zero-order valence-electron chi connectivity index (χ0n) is 10.5. The second kappa shape index (κ2) is 5.71. The number of rotatable bonds is 5. The molecule has 2 rings (SSSR count). The summed E-state index contributed by atoms with van der Waals surface area (Å²) in [5.74, 6) is 0. The van der Waals surface area contributed by atoms with Gasteiger partial charge in [-0.25, -0.2) is 0 Å². The van der Waals surface area contributed by atoms with E-state index in [1.54, 1.807) is 17.4 Å². The number of nitrogens with two attached hydrogens (primary N) is 1. The second-order valence-electron chi connectivity index (χ2n) is 4.41. The van der Waals surface area contributed by atoms with Crippen LogP contribution in [0.3, 0.4) is 0 Å². The maximum Gasteiger partial charge on any atom is 0.271 e. The number of hydrogen-bond acceptors (Lipinski definition) is 5. The molecular weight excluding hydrogens is 262 g/mol. The van der Waals surface area contributed by atoms with Crippen molar-refractivity contribution in [3.05, 3.63) is 50.7 Å². The third-order valence-corrected chi connectivity index (χ3v) is 3.50. The fourth-order valence-corrected chi connectivity index (χ4v) is 2.56. The Morgan fingerprint density at radius 2 is 2.26 bits per heavy atom. The van der Waals surface area contributed by atoms with Crippen LogP contribution in [-0.2, 0) is 6.42 Å². The molecule has 1 unspecified atom stereocenters. The van der Waals surface area contributed by atoms with E-state index < -0.39 is 4.92 Å². The molecule has 5 nitrogen and oxygen atoms in total. The molecule has 0 radical (unpaired) electrons. The van der Waals surface area contributed by atoms with Gasteiger partial charge in [-0.2, -0.15) is 11.3 Å². The van der Waals surface area contributed by atoms with Gasteiger partial charge in [0.15, 0.2) is 0 Å². The number of non-ortho nitro benzene ring substituents is 1. The largest absolute Gasteiger partial charge is 0.397 e. The van der Waals surface area contributed by atoms with E-state index in [1.807, 2.05) is 5.38 Å². The van der Waals surface area contributed by atoms with Gasteiger partial charge in [0.1, 0.15) is 0 Å². The van der Waals surface area contributed by atoms with Crippen LogP contribution in [0.1, 0.15) is 12.5 Å². The Bertz CT molecular complexity index is 569. The minimum atomic E-state index is -0.449. The van der Waals surface area contributed by atoms with Gasteiger partial charge in [0.2, 0.25) is 0 Å². The summed E-state index contributed by atoms with van der Waals surface area (Å²) in [6.07, 6.45) is 0.889. The highest BCUT2D eigenvalue weighted by molar-refractivity contribution is 7.07. The number of nitro benzene ring substituents is 1. The molecule has 0 amide bonds. The molecule has 1 atom stereocenters. The molecule has 19 heavy (non-hydrogen) atoms. The summed E-state index contributed by atoms with van der Waals surface area (Å²) >= 11 is 1.67. The first kappa shape index (κ1) is 13.4. The number of benzene rings is 1. The number of thiophene rings is 1. The zero-order valence-corrected chi connectivity index (χ0v) is 11.3. The zero-order chi connectivity index (χ0) is 13.8. The summed E-state index contributed by atoms with van der Waals surface area (Å²) in [5.41, 5.74) is 8.22. The number of nitrogens with zero attached hydrogens (tertiary/aromatic N) is 1. The summed E-state index contributed by atoms with van der Waals surface area (Å²) in [4.78, 5) is 10.2. The maximum atomic E-state index is 10.6. The lowest BCUT2D eigenvalue weighted by Crippen LogP contribution is -2.18. The lowest BCUT2D eigenvalue weighted by atomic mass is 10.1. The molecule has 1 aromatic heterocycles. The Hall–Kier alpha value is -2.08. The fourth-order valence-electron chi connectivity index (χ4n) is 1.87. The Morgan fingerprint density at radius 1 is 1.47 bits per heavy atom. The van der Waals surface area contributed by atoms with Crippen LogP contribution in [0.5, 0.6) is 0 Å². The fraction of sp³-hybridized carbons (Fsp3) is 0.231. The molecule has 0 aliphatic rings. The number of anilines is 2. The molecule has 0 spiro atoms. The van der Waals surface area contributed by atoms with Crippen LogP contribution in [0.25, 0.3) is 0 Å². The topological polar surface area (TPSA) is 81.2 Å². The summed E-state index contributed by atoms with van der Waals surface area (Å²) < 4.78 is 0. The standard InChI is InChI=1S/C13H15N3O2S/c1-9(6-10-4-5-19-8-10)15-13-3-2-11(16(17)18)7-12(13)14/h2-5,7-9,15H,6,14H2,1H3. The summed E-state index contributed by atoms with van der Waals surface area (Å²) in [6.45, 7) is 2.05. The van der Waals surface area contributed by atoms with Crippen molar-refractivity contribution in [2.45, 2.75) is 19.4 Å². The molecule has 0 aliphatic heterocycles. The highest BCUT2D eigenvalue weighted by Gasteiger charge is 2.10. The second-order valence-corrected chi connectivity index (χ2v) is 5.19. The number of nitrogen functional groups attached to an aromatic ring is 1. The van der Waals surface area contributed by atoms with E-state index in [2.05, 4.69) is 23.7 Å². The monoisotopic (exact) mass is 277 g/mol. The van der Waals surface area contributed by atoms with E-state index in [0.29, 0.717) is 5.69 Å². The quantitative estimate of drug-likeness (QED) is 0.499. The van der Waals surface area contributed by atoms with E-state index in [-0.39, 0.29) is 11.7 Å². The molecule has 0 fully saturated rings. The minimum absolute atomic E-state index is 0.00791. The van der Waals surface area contributed by atoms with Crippen LogP contribution in [-0.4, -0.2) is 11.0 Å². The van der Waals surface area contributed by atoms with Crippen LogP contribution in [0.15, 0.2) is 35.0 Å². The molecule has 0 saturated carbocycles. The minimum Gasteiger partial charge on any atom is -0.397 e. The van der Waals surface area contributed by atoms with Crippen LogP contribution >= 0.6 is 11.3 Å². The Kier molecular flexibility index (Phi) is 4.01. The lowest BCUT2D eigenvalue weighted by molar-refractivity contribution is -0.384. The third kappa shape index (κ3) is 3.45. The number of nitrogens with one attached hydrogen (secondary N) is 1. The van der Waals surface area contributed by atoms with Crippen molar-refractivity contribution in [2.75, 3.05) is 11.1 Å². The molecule has 0 aliphatic carbocycles. The molecule has 1 heterocycles. The van der Waals surface area contributed by atoms with Gasteiger partial charge in [-0.05, 0) is 41.8 Å². The van der Waals surface area contributed by atoms with Crippen molar-refractivity contribution in [2.24, 2.45) is 0 Å². The molecule has 100 valence electrons. The molecule has 0 saturated heterocycles. The van der Waals surface area contributed by atoms with Gasteiger partial charge in [-0.1, -0.05) is 0 Å². The van der Waals surface area contributed by atoms with Crippen molar-refractivity contribution in [1.29, 1.82) is 0 Å². The van der Waals surface area contributed by atoms with Gasteiger partial charge in [0.05, 0.1) is 16.3 Å². The summed E-state index contributed by atoms with van der Waals surface area (Å²) in [7, 11) is 0. The average molecular weight is 277 g/mol.